The van der Waals surface area contributed by atoms with Crippen molar-refractivity contribution < 1.29 is 19.4 Å². The molecule has 1 aromatic carbocycles. The highest BCUT2D eigenvalue weighted by Gasteiger charge is 2.20. The van der Waals surface area contributed by atoms with Crippen LogP contribution < -0.4 is 10.6 Å². The summed E-state index contributed by atoms with van der Waals surface area (Å²) < 4.78 is 5.12. The van der Waals surface area contributed by atoms with Gasteiger partial charge < -0.3 is 20.5 Å². The molecule has 7 nitrogen and oxygen atoms in total. The van der Waals surface area contributed by atoms with Crippen LogP contribution in [0.15, 0.2) is 42.5 Å². The van der Waals surface area contributed by atoms with Crippen molar-refractivity contribution >= 4 is 17.9 Å². The fourth-order valence-corrected chi connectivity index (χ4v) is 3.86. The molecule has 1 aromatic heterocycles. The predicted octanol–water partition coefficient (Wildman–Crippen LogP) is 4.70. The van der Waals surface area contributed by atoms with Gasteiger partial charge in [-0.2, -0.15) is 0 Å². The molecule has 0 radical (unpaired) electrons. The third kappa shape index (κ3) is 7.87. The number of pyridine rings is 1. The number of rotatable bonds is 12. The van der Waals surface area contributed by atoms with Crippen molar-refractivity contribution in [3.63, 3.8) is 0 Å². The number of anilines is 1. The van der Waals surface area contributed by atoms with Crippen LogP contribution in [-0.4, -0.2) is 34.7 Å². The Morgan fingerprint density at radius 2 is 1.84 bits per heavy atom. The summed E-state index contributed by atoms with van der Waals surface area (Å²) in [4.78, 5) is 28.1. The Hall–Kier alpha value is -3.09. The zero-order valence-electron chi connectivity index (χ0n) is 18.5. The Balaban J connectivity index is 1.27. The molecule has 1 aliphatic heterocycles. The lowest BCUT2D eigenvalue weighted by Gasteiger charge is -2.17. The number of aryl methyl sites for hydroxylation is 2. The van der Waals surface area contributed by atoms with Gasteiger partial charge in [0.25, 0.3) is 0 Å². The maximum absolute atomic E-state index is 11.9. The number of carboxylic acid groups (broad SMARTS) is 1. The molecular formula is C25H33N3O4. The van der Waals surface area contributed by atoms with Crippen LogP contribution in [0, 0.1) is 0 Å². The van der Waals surface area contributed by atoms with E-state index in [1.807, 2.05) is 30.3 Å². The third-order valence-electron chi connectivity index (χ3n) is 5.68. The monoisotopic (exact) mass is 439 g/mol. The zero-order valence-corrected chi connectivity index (χ0v) is 18.5. The summed E-state index contributed by atoms with van der Waals surface area (Å²) in [6.45, 7) is 1.12. The SMILES string of the molecule is O=C(NC(CCCCCCCc1ccc2c(n1)NCCC2)C(=O)O)OCc1ccccc1. The predicted molar refractivity (Wildman–Crippen MR) is 124 cm³/mol. The van der Waals surface area contributed by atoms with E-state index in [2.05, 4.69) is 22.8 Å². The molecule has 1 amide bonds. The summed E-state index contributed by atoms with van der Waals surface area (Å²) >= 11 is 0. The highest BCUT2D eigenvalue weighted by Crippen LogP contribution is 2.20. The Kier molecular flexibility index (Phi) is 9.35. The van der Waals surface area contributed by atoms with E-state index < -0.39 is 18.1 Å². The van der Waals surface area contributed by atoms with E-state index in [-0.39, 0.29) is 6.61 Å². The lowest BCUT2D eigenvalue weighted by atomic mass is 10.0. The molecule has 32 heavy (non-hydrogen) atoms. The van der Waals surface area contributed by atoms with Crippen LogP contribution in [-0.2, 0) is 29.0 Å². The second-order valence-electron chi connectivity index (χ2n) is 8.24. The number of nitrogens with one attached hydrogen (secondary N) is 2. The van der Waals surface area contributed by atoms with E-state index in [9.17, 15) is 14.7 Å². The van der Waals surface area contributed by atoms with E-state index in [1.54, 1.807) is 0 Å². The van der Waals surface area contributed by atoms with Gasteiger partial charge in [0, 0.05) is 12.2 Å². The molecule has 3 rings (SSSR count). The fourth-order valence-electron chi connectivity index (χ4n) is 3.86. The highest BCUT2D eigenvalue weighted by molar-refractivity contribution is 5.79. The molecule has 0 spiro atoms. The van der Waals surface area contributed by atoms with E-state index in [1.165, 1.54) is 12.0 Å². The van der Waals surface area contributed by atoms with Crippen molar-refractivity contribution in [2.24, 2.45) is 0 Å². The van der Waals surface area contributed by atoms with E-state index in [0.29, 0.717) is 6.42 Å². The molecule has 3 N–H and O–H groups in total. The number of hydrogen-bond donors (Lipinski definition) is 3. The van der Waals surface area contributed by atoms with Crippen LogP contribution in [0.3, 0.4) is 0 Å². The molecule has 0 saturated carbocycles. The van der Waals surface area contributed by atoms with Crippen LogP contribution in [0.4, 0.5) is 10.6 Å². The number of unbranched alkanes of at least 4 members (excludes halogenated alkanes) is 4. The van der Waals surface area contributed by atoms with Gasteiger partial charge in [-0.25, -0.2) is 14.6 Å². The highest BCUT2D eigenvalue weighted by atomic mass is 16.5. The lowest BCUT2D eigenvalue weighted by molar-refractivity contribution is -0.139. The van der Waals surface area contributed by atoms with Gasteiger partial charge in [-0.05, 0) is 49.3 Å². The minimum absolute atomic E-state index is 0.119. The number of carbonyl (C=O) groups is 2. The van der Waals surface area contributed by atoms with Crippen molar-refractivity contribution in [2.45, 2.75) is 70.4 Å². The first-order valence-electron chi connectivity index (χ1n) is 11.5. The van der Waals surface area contributed by atoms with Crippen molar-refractivity contribution in [3.05, 3.63) is 59.3 Å². The zero-order chi connectivity index (χ0) is 22.6. The number of carbonyl (C=O) groups excluding carboxylic acids is 1. The smallest absolute Gasteiger partial charge is 0.408 e. The average molecular weight is 440 g/mol. The summed E-state index contributed by atoms with van der Waals surface area (Å²) in [6, 6.07) is 12.7. The second-order valence-corrected chi connectivity index (χ2v) is 8.24. The molecule has 2 heterocycles. The quantitative estimate of drug-likeness (QED) is 0.414. The number of aliphatic carboxylic acids is 1. The molecule has 1 atom stereocenters. The number of amides is 1. The number of hydrogen-bond acceptors (Lipinski definition) is 5. The largest absolute Gasteiger partial charge is 0.480 e. The Morgan fingerprint density at radius 1 is 1.06 bits per heavy atom. The van der Waals surface area contributed by atoms with Gasteiger partial charge >= 0.3 is 12.1 Å². The van der Waals surface area contributed by atoms with Crippen molar-refractivity contribution in [1.29, 1.82) is 0 Å². The Labute approximate surface area is 189 Å². The minimum Gasteiger partial charge on any atom is -0.480 e. The first kappa shape index (κ1) is 23.6. The molecule has 1 aliphatic rings. The van der Waals surface area contributed by atoms with Gasteiger partial charge in [0.05, 0.1) is 0 Å². The number of benzene rings is 1. The standard InChI is InChI=1S/C25H33N3O4/c29-24(30)22(28-25(31)32-18-19-10-5-4-6-11-19)14-8-3-1-2-7-13-21-16-15-20-12-9-17-26-23(20)27-21/h4-6,10-11,15-16,22H,1-3,7-9,12-14,17-18H2,(H,26,27)(H,28,31)(H,29,30). The van der Waals surface area contributed by atoms with E-state index in [0.717, 1.165) is 68.6 Å². The van der Waals surface area contributed by atoms with Gasteiger partial charge in [0.2, 0.25) is 0 Å². The van der Waals surface area contributed by atoms with Crippen molar-refractivity contribution in [3.8, 4) is 0 Å². The van der Waals surface area contributed by atoms with Crippen molar-refractivity contribution in [1.82, 2.24) is 10.3 Å². The molecule has 0 fully saturated rings. The van der Waals surface area contributed by atoms with Gasteiger partial charge in [-0.15, -0.1) is 0 Å². The Bertz CT molecular complexity index is 873. The van der Waals surface area contributed by atoms with E-state index in [4.69, 9.17) is 9.72 Å². The number of ether oxygens (including phenoxy) is 1. The minimum atomic E-state index is -1.03. The van der Waals surface area contributed by atoms with Gasteiger partial charge in [0.1, 0.15) is 18.5 Å². The molecule has 7 heteroatoms. The van der Waals surface area contributed by atoms with Crippen LogP contribution >= 0.6 is 0 Å². The molecule has 0 aliphatic carbocycles. The average Bonchev–Trinajstić information content (AvgIpc) is 2.81. The normalized spacial score (nSPS) is 13.5. The first-order chi connectivity index (χ1) is 15.6. The molecular weight excluding hydrogens is 406 g/mol. The van der Waals surface area contributed by atoms with Crippen LogP contribution in [0.1, 0.15) is 61.8 Å². The number of nitrogens with zero attached hydrogens (tertiary/aromatic N) is 1. The van der Waals surface area contributed by atoms with Crippen LogP contribution in [0.2, 0.25) is 0 Å². The lowest BCUT2D eigenvalue weighted by Crippen LogP contribution is -2.40. The molecule has 172 valence electrons. The van der Waals surface area contributed by atoms with Gasteiger partial charge in [0.15, 0.2) is 0 Å². The maximum Gasteiger partial charge on any atom is 0.408 e. The fraction of sp³-hybridized carbons (Fsp3) is 0.480. The summed E-state index contributed by atoms with van der Waals surface area (Å²) in [5.74, 6) is 0.0111. The summed E-state index contributed by atoms with van der Waals surface area (Å²) in [7, 11) is 0. The molecule has 0 bridgehead atoms. The third-order valence-corrected chi connectivity index (χ3v) is 5.68. The first-order valence-corrected chi connectivity index (χ1v) is 11.5. The van der Waals surface area contributed by atoms with E-state index >= 15 is 0 Å². The summed E-state index contributed by atoms with van der Waals surface area (Å²) in [5.41, 5.74) is 3.30. The molecule has 0 saturated heterocycles. The van der Waals surface area contributed by atoms with Gasteiger partial charge in [-0.3, -0.25) is 0 Å². The summed E-state index contributed by atoms with van der Waals surface area (Å²) in [5, 5.41) is 15.2. The number of alkyl carbamates (subject to hydrolysis) is 1. The van der Waals surface area contributed by atoms with Crippen molar-refractivity contribution in [2.75, 3.05) is 11.9 Å². The topological polar surface area (TPSA) is 101 Å². The number of aromatic nitrogens is 1. The molecule has 2 aromatic rings. The summed E-state index contributed by atoms with van der Waals surface area (Å²) in [6.07, 6.45) is 7.79. The van der Waals surface area contributed by atoms with Gasteiger partial charge in [-0.1, -0.05) is 62.1 Å². The van der Waals surface area contributed by atoms with Crippen LogP contribution in [0.25, 0.3) is 0 Å². The Morgan fingerprint density at radius 3 is 2.66 bits per heavy atom. The van der Waals surface area contributed by atoms with Crippen LogP contribution in [0.5, 0.6) is 0 Å². The molecule has 1 unspecified atom stereocenters. The number of fused-ring (bicyclic) bond motifs is 1. The maximum atomic E-state index is 11.9. The number of carboxylic acids is 1. The second kappa shape index (κ2) is 12.7.